The number of alkyl halides is 1. The largest absolute Gasteiger partial charge is 0.377 e. The number of morpholine rings is 1. The lowest BCUT2D eigenvalue weighted by Gasteiger charge is -2.37. The first-order valence-corrected chi connectivity index (χ1v) is 8.25. The van der Waals surface area contributed by atoms with Crippen molar-refractivity contribution < 1.29 is 23.5 Å². The molecule has 1 fully saturated rings. The van der Waals surface area contributed by atoms with E-state index in [-0.39, 0.29) is 30.5 Å². The molecule has 0 aromatic heterocycles. The maximum Gasteiger partial charge on any atom is 0.251 e. The van der Waals surface area contributed by atoms with Crippen molar-refractivity contribution in [3.8, 4) is 0 Å². The monoisotopic (exact) mass is 371 g/mol. The highest BCUT2D eigenvalue weighted by Gasteiger charge is 2.27. The van der Waals surface area contributed by atoms with Gasteiger partial charge in [-0.3, -0.25) is 14.5 Å². The third kappa shape index (κ3) is 5.77. The number of nitrogens with zero attached hydrogens (tertiary/aromatic N) is 1. The Balaban J connectivity index is 1.96. The highest BCUT2D eigenvalue weighted by atomic mass is 35.5. The number of halogens is 2. The Kier molecular flexibility index (Phi) is 7.30. The molecule has 0 radical (unpaired) electrons. The predicted molar refractivity (Wildman–Crippen MR) is 88.8 cm³/mol. The van der Waals surface area contributed by atoms with Gasteiger partial charge in [-0.2, -0.15) is 0 Å². The van der Waals surface area contributed by atoms with Crippen molar-refractivity contribution in [1.82, 2.24) is 15.5 Å². The fourth-order valence-corrected chi connectivity index (χ4v) is 2.52. The summed E-state index contributed by atoms with van der Waals surface area (Å²) < 4.78 is 18.2. The van der Waals surface area contributed by atoms with E-state index in [2.05, 4.69) is 10.6 Å². The number of rotatable bonds is 7. The van der Waals surface area contributed by atoms with Crippen molar-refractivity contribution in [2.75, 3.05) is 32.2 Å². The molecule has 0 bridgehead atoms. The van der Waals surface area contributed by atoms with Crippen LogP contribution in [0.2, 0.25) is 0 Å². The quantitative estimate of drug-likeness (QED) is 0.525. The molecule has 2 N–H and O–H groups in total. The SMILES string of the molecule is O=CC(CN1CCOCC1NC(=O)CCl)NC(=O)c1ccc(F)cc1. The van der Waals surface area contributed by atoms with Crippen LogP contribution in [0.15, 0.2) is 24.3 Å². The Labute approximate surface area is 149 Å². The van der Waals surface area contributed by atoms with E-state index in [1.165, 1.54) is 24.3 Å². The standard InChI is InChI=1S/C16H19ClFN3O4/c17-7-15(23)20-14-10-25-6-5-21(14)8-13(9-22)19-16(24)11-1-3-12(18)4-2-11/h1-4,9,13-14H,5-8,10H2,(H,19,24)(H,20,23). The summed E-state index contributed by atoms with van der Waals surface area (Å²) in [7, 11) is 0. The molecule has 1 heterocycles. The van der Waals surface area contributed by atoms with E-state index in [4.69, 9.17) is 16.3 Å². The molecule has 1 saturated heterocycles. The summed E-state index contributed by atoms with van der Waals surface area (Å²) in [5, 5.41) is 5.29. The van der Waals surface area contributed by atoms with Crippen molar-refractivity contribution >= 4 is 29.7 Å². The lowest BCUT2D eigenvalue weighted by atomic mass is 10.2. The minimum Gasteiger partial charge on any atom is -0.377 e. The van der Waals surface area contributed by atoms with E-state index >= 15 is 0 Å². The average molecular weight is 372 g/mol. The van der Waals surface area contributed by atoms with Crippen LogP contribution in [-0.2, 0) is 14.3 Å². The van der Waals surface area contributed by atoms with Gasteiger partial charge in [0.2, 0.25) is 5.91 Å². The molecule has 0 saturated carbocycles. The normalized spacial score (nSPS) is 19.0. The minimum atomic E-state index is -0.786. The van der Waals surface area contributed by atoms with Gasteiger partial charge in [0.25, 0.3) is 5.91 Å². The van der Waals surface area contributed by atoms with Crippen molar-refractivity contribution in [2.24, 2.45) is 0 Å². The zero-order chi connectivity index (χ0) is 18.2. The molecule has 2 amide bonds. The van der Waals surface area contributed by atoms with Gasteiger partial charge in [0.1, 0.15) is 24.1 Å². The molecular formula is C16H19ClFN3O4. The maximum atomic E-state index is 12.9. The highest BCUT2D eigenvalue weighted by molar-refractivity contribution is 6.27. The van der Waals surface area contributed by atoms with Gasteiger partial charge in [-0.25, -0.2) is 4.39 Å². The molecule has 1 aromatic rings. The second kappa shape index (κ2) is 9.45. The Morgan fingerprint density at radius 2 is 2.12 bits per heavy atom. The molecule has 136 valence electrons. The second-order valence-electron chi connectivity index (χ2n) is 5.51. The number of ether oxygens (including phenoxy) is 1. The molecule has 1 aromatic carbocycles. The summed E-state index contributed by atoms with van der Waals surface area (Å²) in [5.41, 5.74) is 0.252. The van der Waals surface area contributed by atoms with E-state index < -0.39 is 23.9 Å². The Hall–Kier alpha value is -2.03. The van der Waals surface area contributed by atoms with E-state index in [0.717, 1.165) is 0 Å². The van der Waals surface area contributed by atoms with Crippen LogP contribution in [0, 0.1) is 5.82 Å². The molecule has 2 unspecified atom stereocenters. The summed E-state index contributed by atoms with van der Waals surface area (Å²) in [4.78, 5) is 36.8. The number of hydrogen-bond acceptors (Lipinski definition) is 5. The maximum absolute atomic E-state index is 12.9. The Morgan fingerprint density at radius 1 is 1.40 bits per heavy atom. The molecule has 2 rings (SSSR count). The van der Waals surface area contributed by atoms with Crippen LogP contribution in [0.1, 0.15) is 10.4 Å². The first-order chi connectivity index (χ1) is 12.0. The number of nitrogens with one attached hydrogen (secondary N) is 2. The number of amides is 2. The Morgan fingerprint density at radius 3 is 2.76 bits per heavy atom. The summed E-state index contributed by atoms with van der Waals surface area (Å²) in [6.07, 6.45) is 0.197. The molecule has 2 atom stereocenters. The third-order valence-corrected chi connectivity index (χ3v) is 3.95. The van der Waals surface area contributed by atoms with Gasteiger partial charge in [-0.05, 0) is 24.3 Å². The van der Waals surface area contributed by atoms with Gasteiger partial charge in [0.15, 0.2) is 0 Å². The van der Waals surface area contributed by atoms with Crippen molar-refractivity contribution in [3.05, 3.63) is 35.6 Å². The molecule has 25 heavy (non-hydrogen) atoms. The van der Waals surface area contributed by atoms with E-state index in [0.29, 0.717) is 19.4 Å². The van der Waals surface area contributed by atoms with Gasteiger partial charge in [-0.1, -0.05) is 0 Å². The average Bonchev–Trinajstić information content (AvgIpc) is 2.62. The second-order valence-corrected chi connectivity index (χ2v) is 5.78. The van der Waals surface area contributed by atoms with E-state index in [9.17, 15) is 18.8 Å². The summed E-state index contributed by atoms with van der Waals surface area (Å²) in [6, 6.07) is 4.23. The van der Waals surface area contributed by atoms with Gasteiger partial charge in [-0.15, -0.1) is 11.6 Å². The number of aldehydes is 1. The van der Waals surface area contributed by atoms with Gasteiger partial charge >= 0.3 is 0 Å². The number of hydrogen-bond donors (Lipinski definition) is 2. The van der Waals surface area contributed by atoms with Crippen LogP contribution in [0.4, 0.5) is 4.39 Å². The van der Waals surface area contributed by atoms with Crippen LogP contribution in [0.3, 0.4) is 0 Å². The third-order valence-electron chi connectivity index (χ3n) is 3.71. The lowest BCUT2D eigenvalue weighted by molar-refractivity contribution is -0.123. The van der Waals surface area contributed by atoms with E-state index in [1.807, 2.05) is 4.90 Å². The minimum absolute atomic E-state index is 0.178. The molecule has 1 aliphatic heterocycles. The molecule has 1 aliphatic rings. The highest BCUT2D eigenvalue weighted by Crippen LogP contribution is 2.07. The number of carbonyl (C=O) groups excluding carboxylic acids is 3. The predicted octanol–water partition coefficient (Wildman–Crippen LogP) is 0.136. The summed E-state index contributed by atoms with van der Waals surface area (Å²) in [6.45, 7) is 1.40. The number of carbonyl (C=O) groups is 3. The first kappa shape index (κ1) is 19.3. The zero-order valence-electron chi connectivity index (χ0n) is 13.4. The van der Waals surface area contributed by atoms with Crippen molar-refractivity contribution in [3.63, 3.8) is 0 Å². The fraction of sp³-hybridized carbons (Fsp3) is 0.438. The zero-order valence-corrected chi connectivity index (χ0v) is 14.2. The van der Waals surface area contributed by atoms with Gasteiger partial charge in [0.05, 0.1) is 19.3 Å². The fourth-order valence-electron chi connectivity index (χ4n) is 2.44. The van der Waals surface area contributed by atoms with Crippen LogP contribution in [0.25, 0.3) is 0 Å². The van der Waals surface area contributed by atoms with Crippen molar-refractivity contribution in [1.29, 1.82) is 0 Å². The Bertz CT molecular complexity index is 614. The van der Waals surface area contributed by atoms with Gasteiger partial charge < -0.3 is 20.2 Å². The molecular weight excluding hydrogens is 353 g/mol. The molecule has 9 heteroatoms. The first-order valence-electron chi connectivity index (χ1n) is 7.72. The van der Waals surface area contributed by atoms with Crippen LogP contribution >= 0.6 is 11.6 Å². The lowest BCUT2D eigenvalue weighted by Crippen LogP contribution is -2.58. The van der Waals surface area contributed by atoms with Crippen LogP contribution in [0.5, 0.6) is 0 Å². The van der Waals surface area contributed by atoms with Crippen LogP contribution < -0.4 is 10.6 Å². The summed E-state index contributed by atoms with van der Waals surface area (Å²) >= 11 is 5.49. The molecule has 0 spiro atoms. The van der Waals surface area contributed by atoms with Crippen molar-refractivity contribution in [2.45, 2.75) is 12.2 Å². The smallest absolute Gasteiger partial charge is 0.251 e. The van der Waals surface area contributed by atoms with E-state index in [1.54, 1.807) is 0 Å². The topological polar surface area (TPSA) is 87.7 Å². The van der Waals surface area contributed by atoms with Crippen LogP contribution in [-0.4, -0.2) is 67.4 Å². The summed E-state index contributed by atoms with van der Waals surface area (Å²) in [5.74, 6) is -1.45. The molecule has 7 nitrogen and oxygen atoms in total. The van der Waals surface area contributed by atoms with Gasteiger partial charge in [0, 0.05) is 18.7 Å². The molecule has 0 aliphatic carbocycles. The number of benzene rings is 1.